The molecular weight excluding hydrogens is 248 g/mol. The van der Waals surface area contributed by atoms with Crippen LogP contribution in [0.25, 0.3) is 0 Å². The van der Waals surface area contributed by atoms with Crippen LogP contribution in [0.1, 0.15) is 73.4 Å². The van der Waals surface area contributed by atoms with Crippen LogP contribution in [0.3, 0.4) is 0 Å². The van der Waals surface area contributed by atoms with E-state index in [1.54, 1.807) is 0 Å². The molecule has 2 heteroatoms. The lowest BCUT2D eigenvalue weighted by Gasteiger charge is -2.31. The summed E-state index contributed by atoms with van der Waals surface area (Å²) in [5.41, 5.74) is 3.22. The summed E-state index contributed by atoms with van der Waals surface area (Å²) in [5, 5.41) is 0. The third-order valence-corrected chi connectivity index (χ3v) is 3.69. The number of carbonyl (C=O) groups is 2. The Morgan fingerprint density at radius 2 is 0.950 bits per heavy atom. The van der Waals surface area contributed by atoms with Gasteiger partial charge in [-0.25, -0.2) is 0 Å². The van der Waals surface area contributed by atoms with Crippen molar-refractivity contribution in [3.05, 3.63) is 46.5 Å². The van der Waals surface area contributed by atoms with Crippen molar-refractivity contribution in [2.24, 2.45) is 0 Å². The number of benzene rings is 1. The lowest BCUT2D eigenvalue weighted by atomic mass is 9.72. The van der Waals surface area contributed by atoms with Crippen LogP contribution in [-0.2, 0) is 10.8 Å². The van der Waals surface area contributed by atoms with Crippen molar-refractivity contribution in [2.45, 2.75) is 52.4 Å². The van der Waals surface area contributed by atoms with Gasteiger partial charge in [0.1, 0.15) is 0 Å². The van der Waals surface area contributed by atoms with Crippen LogP contribution < -0.4 is 0 Å². The predicted octanol–water partition coefficient (Wildman–Crippen LogP) is 4.22. The molecule has 0 saturated carbocycles. The van der Waals surface area contributed by atoms with Gasteiger partial charge in [-0.1, -0.05) is 41.5 Å². The highest BCUT2D eigenvalue weighted by molar-refractivity contribution is 6.22. The molecule has 0 aliphatic heterocycles. The number of carbonyl (C=O) groups excluding carboxylic acids is 2. The standard InChI is InChI=1S/C18H22O2/c1-17(2,3)13-9-11-12(10-14(13)18(4,5)6)16(20)8-7-15(11)19/h7-10H,1-6H3. The second-order valence-corrected chi connectivity index (χ2v) is 7.51. The molecule has 0 unspecified atom stereocenters. The van der Waals surface area contributed by atoms with E-state index in [1.807, 2.05) is 12.1 Å². The molecule has 1 aliphatic rings. The van der Waals surface area contributed by atoms with Gasteiger partial charge in [-0.15, -0.1) is 0 Å². The summed E-state index contributed by atoms with van der Waals surface area (Å²) in [6, 6.07) is 3.83. The Labute approximate surface area is 120 Å². The summed E-state index contributed by atoms with van der Waals surface area (Å²) in [6.07, 6.45) is 2.74. The molecule has 0 saturated heterocycles. The first kappa shape index (κ1) is 14.7. The molecule has 0 spiro atoms. The van der Waals surface area contributed by atoms with Gasteiger partial charge < -0.3 is 0 Å². The van der Waals surface area contributed by atoms with Gasteiger partial charge in [-0.2, -0.15) is 0 Å². The second-order valence-electron chi connectivity index (χ2n) is 7.51. The number of allylic oxidation sites excluding steroid dienone is 2. The molecular formula is C18H22O2. The summed E-state index contributed by atoms with van der Waals surface area (Å²) in [7, 11) is 0. The molecule has 20 heavy (non-hydrogen) atoms. The van der Waals surface area contributed by atoms with Gasteiger partial charge in [0, 0.05) is 11.1 Å². The van der Waals surface area contributed by atoms with Crippen LogP contribution in [0.5, 0.6) is 0 Å². The van der Waals surface area contributed by atoms with Gasteiger partial charge in [-0.05, 0) is 46.2 Å². The lowest BCUT2D eigenvalue weighted by molar-refractivity contribution is 0.0993. The van der Waals surface area contributed by atoms with Crippen molar-refractivity contribution in [3.8, 4) is 0 Å². The number of hydrogen-bond donors (Lipinski definition) is 0. The largest absolute Gasteiger partial charge is 0.289 e. The Hall–Kier alpha value is -1.70. The minimum Gasteiger partial charge on any atom is -0.289 e. The lowest BCUT2D eigenvalue weighted by Crippen LogP contribution is -2.25. The Morgan fingerprint density at radius 1 is 0.650 bits per heavy atom. The third kappa shape index (κ3) is 2.47. The maximum atomic E-state index is 12.0. The van der Waals surface area contributed by atoms with Crippen LogP contribution in [0.15, 0.2) is 24.3 Å². The van der Waals surface area contributed by atoms with Crippen LogP contribution in [0.4, 0.5) is 0 Å². The number of hydrogen-bond acceptors (Lipinski definition) is 2. The van der Waals surface area contributed by atoms with E-state index in [0.717, 1.165) is 11.1 Å². The first-order valence-corrected chi connectivity index (χ1v) is 6.97. The van der Waals surface area contributed by atoms with Crippen molar-refractivity contribution in [3.63, 3.8) is 0 Å². The first-order valence-electron chi connectivity index (χ1n) is 6.97. The molecule has 1 aliphatic carbocycles. The average molecular weight is 270 g/mol. The summed E-state index contributed by atoms with van der Waals surface area (Å²) < 4.78 is 0. The molecule has 106 valence electrons. The second kappa shape index (κ2) is 4.41. The van der Waals surface area contributed by atoms with Gasteiger partial charge in [0.05, 0.1) is 0 Å². The Morgan fingerprint density at radius 3 is 1.20 bits per heavy atom. The van der Waals surface area contributed by atoms with Crippen molar-refractivity contribution in [1.29, 1.82) is 0 Å². The fraction of sp³-hybridized carbons (Fsp3) is 0.444. The van der Waals surface area contributed by atoms with E-state index in [4.69, 9.17) is 0 Å². The fourth-order valence-electron chi connectivity index (χ4n) is 2.58. The zero-order valence-electron chi connectivity index (χ0n) is 13.1. The predicted molar refractivity (Wildman–Crippen MR) is 81.6 cm³/mol. The van der Waals surface area contributed by atoms with Crippen LogP contribution >= 0.6 is 0 Å². The van der Waals surface area contributed by atoms with E-state index < -0.39 is 0 Å². The van der Waals surface area contributed by atoms with Gasteiger partial charge >= 0.3 is 0 Å². The maximum Gasteiger partial charge on any atom is 0.186 e. The third-order valence-electron chi connectivity index (χ3n) is 3.69. The molecule has 0 heterocycles. The van der Waals surface area contributed by atoms with Gasteiger partial charge in [0.25, 0.3) is 0 Å². The highest BCUT2D eigenvalue weighted by Gasteiger charge is 2.30. The van der Waals surface area contributed by atoms with E-state index in [2.05, 4.69) is 41.5 Å². The van der Waals surface area contributed by atoms with E-state index in [-0.39, 0.29) is 22.4 Å². The summed E-state index contributed by atoms with van der Waals surface area (Å²) in [5.74, 6) is -0.156. The quantitative estimate of drug-likeness (QED) is 0.707. The zero-order chi connectivity index (χ0) is 15.3. The van der Waals surface area contributed by atoms with Gasteiger partial charge in [-0.3, -0.25) is 9.59 Å². The summed E-state index contributed by atoms with van der Waals surface area (Å²) >= 11 is 0. The van der Waals surface area contributed by atoms with Crippen LogP contribution in [0.2, 0.25) is 0 Å². The molecule has 0 atom stereocenters. The molecule has 0 bridgehead atoms. The number of rotatable bonds is 0. The molecule has 1 aromatic carbocycles. The van der Waals surface area contributed by atoms with Crippen molar-refractivity contribution in [2.75, 3.05) is 0 Å². The van der Waals surface area contributed by atoms with Gasteiger partial charge in [0.15, 0.2) is 11.6 Å². The molecule has 0 aromatic heterocycles. The molecule has 0 N–H and O–H groups in total. The first-order chi connectivity index (χ1) is 9.01. The summed E-state index contributed by atoms with van der Waals surface area (Å²) in [6.45, 7) is 12.8. The molecule has 1 aromatic rings. The smallest absolute Gasteiger partial charge is 0.186 e. The van der Waals surface area contributed by atoms with Crippen molar-refractivity contribution >= 4 is 11.6 Å². The minimum atomic E-state index is -0.0782. The molecule has 0 amide bonds. The monoisotopic (exact) mass is 270 g/mol. The van der Waals surface area contributed by atoms with Crippen LogP contribution in [0, 0.1) is 0 Å². The van der Waals surface area contributed by atoms with Crippen LogP contribution in [-0.4, -0.2) is 11.6 Å². The Bertz CT molecular complexity index is 565. The van der Waals surface area contributed by atoms with Crippen molar-refractivity contribution < 1.29 is 9.59 Å². The number of fused-ring (bicyclic) bond motifs is 1. The SMILES string of the molecule is CC(C)(C)c1cc2c(cc1C(C)(C)C)C(=O)C=CC2=O. The highest BCUT2D eigenvalue weighted by atomic mass is 16.1. The molecule has 0 radical (unpaired) electrons. The molecule has 2 nitrogen and oxygen atoms in total. The molecule has 2 rings (SSSR count). The molecule has 0 fully saturated rings. The van der Waals surface area contributed by atoms with Crippen molar-refractivity contribution in [1.82, 2.24) is 0 Å². The Balaban J connectivity index is 2.81. The average Bonchev–Trinajstić information content (AvgIpc) is 2.30. The maximum absolute atomic E-state index is 12.0. The topological polar surface area (TPSA) is 34.1 Å². The zero-order valence-corrected chi connectivity index (χ0v) is 13.1. The van der Waals surface area contributed by atoms with E-state index >= 15 is 0 Å². The van der Waals surface area contributed by atoms with Gasteiger partial charge in [0.2, 0.25) is 0 Å². The fourth-order valence-corrected chi connectivity index (χ4v) is 2.58. The number of ketones is 2. The highest BCUT2D eigenvalue weighted by Crippen LogP contribution is 2.36. The van der Waals surface area contributed by atoms with E-state index in [9.17, 15) is 9.59 Å². The van der Waals surface area contributed by atoms with E-state index in [1.165, 1.54) is 12.2 Å². The van der Waals surface area contributed by atoms with E-state index in [0.29, 0.717) is 11.1 Å². The normalized spacial score (nSPS) is 15.5. The minimum absolute atomic E-state index is 0.0673. The Kier molecular flexibility index (Phi) is 3.24. The summed E-state index contributed by atoms with van der Waals surface area (Å²) in [4.78, 5) is 24.1.